The molecule has 2 aromatic carbocycles. The lowest BCUT2D eigenvalue weighted by Gasteiger charge is -2.30. The maximum atomic E-state index is 12.8. The summed E-state index contributed by atoms with van der Waals surface area (Å²) in [6.07, 6.45) is 1.45. The number of hydrogen-bond acceptors (Lipinski definition) is 5. The molecule has 0 bridgehead atoms. The fourth-order valence-electron chi connectivity index (χ4n) is 2.40. The van der Waals surface area contributed by atoms with Crippen LogP contribution in [0.25, 0.3) is 0 Å². The monoisotopic (exact) mass is 340 g/mol. The van der Waals surface area contributed by atoms with Gasteiger partial charge >= 0.3 is 0 Å². The highest BCUT2D eigenvalue weighted by Gasteiger charge is 2.28. The van der Waals surface area contributed by atoms with E-state index in [0.717, 1.165) is 21.2 Å². The normalized spacial score (nSPS) is 12.6. The Morgan fingerprint density at radius 3 is 2.35 bits per heavy atom. The standard InChI is InChI=1S/C16H12N4OS2/c21-16(22-9-15-17-10-18-19-15)20-11-5-1-3-7-13(11)23-14-8-4-2-6-12(14)20/h1-8,10H,9H2,(H,17,18,19). The Balaban J connectivity index is 1.68. The molecule has 0 aliphatic carbocycles. The van der Waals surface area contributed by atoms with Gasteiger partial charge in [-0.1, -0.05) is 47.8 Å². The molecule has 1 amide bonds. The summed E-state index contributed by atoms with van der Waals surface area (Å²) in [5.41, 5.74) is 1.84. The van der Waals surface area contributed by atoms with Gasteiger partial charge < -0.3 is 0 Å². The molecular weight excluding hydrogens is 328 g/mol. The first-order valence-electron chi connectivity index (χ1n) is 7.00. The highest BCUT2D eigenvalue weighted by Crippen LogP contribution is 2.48. The first kappa shape index (κ1) is 14.3. The molecule has 1 aliphatic heterocycles. The number of fused-ring (bicyclic) bond motifs is 2. The molecule has 5 nitrogen and oxygen atoms in total. The Morgan fingerprint density at radius 1 is 1.09 bits per heavy atom. The summed E-state index contributed by atoms with van der Waals surface area (Å²) < 4.78 is 0. The Morgan fingerprint density at radius 2 is 1.74 bits per heavy atom. The van der Waals surface area contributed by atoms with Crippen LogP contribution in [-0.4, -0.2) is 20.4 Å². The number of benzene rings is 2. The molecule has 0 fully saturated rings. The zero-order valence-corrected chi connectivity index (χ0v) is 13.6. The minimum atomic E-state index is -0.0263. The number of para-hydroxylation sites is 2. The molecule has 0 unspecified atom stereocenters. The SMILES string of the molecule is O=C(SCc1ncn[nH]1)N1c2ccccc2Sc2ccccc21. The number of carbonyl (C=O) groups excluding carboxylic acids is 1. The number of thioether (sulfide) groups is 1. The lowest BCUT2D eigenvalue weighted by atomic mass is 10.2. The van der Waals surface area contributed by atoms with Crippen molar-refractivity contribution in [3.8, 4) is 0 Å². The summed E-state index contributed by atoms with van der Waals surface area (Å²) in [7, 11) is 0. The second kappa shape index (κ2) is 6.10. The molecule has 0 saturated heterocycles. The zero-order chi connectivity index (χ0) is 15.6. The summed E-state index contributed by atoms with van der Waals surface area (Å²) >= 11 is 2.90. The van der Waals surface area contributed by atoms with E-state index < -0.39 is 0 Å². The number of nitrogens with one attached hydrogen (secondary N) is 1. The van der Waals surface area contributed by atoms with E-state index in [-0.39, 0.29) is 5.24 Å². The van der Waals surface area contributed by atoms with Gasteiger partial charge in [-0.25, -0.2) is 4.98 Å². The third-order valence-corrected chi connectivity index (χ3v) is 5.39. The molecule has 1 aromatic heterocycles. The van der Waals surface area contributed by atoms with Gasteiger partial charge in [-0.2, -0.15) is 5.10 Å². The van der Waals surface area contributed by atoms with Gasteiger partial charge in [-0.05, 0) is 24.3 Å². The second-order valence-corrected chi connectivity index (χ2v) is 6.87. The number of aromatic amines is 1. The van der Waals surface area contributed by atoms with Crippen molar-refractivity contribution in [2.75, 3.05) is 4.90 Å². The van der Waals surface area contributed by atoms with E-state index in [1.807, 2.05) is 48.5 Å². The number of nitrogens with zero attached hydrogens (tertiary/aromatic N) is 3. The average Bonchev–Trinajstić information content (AvgIpc) is 3.11. The van der Waals surface area contributed by atoms with Crippen molar-refractivity contribution in [1.29, 1.82) is 0 Å². The average molecular weight is 340 g/mol. The summed E-state index contributed by atoms with van der Waals surface area (Å²) in [5, 5.41) is 6.56. The molecule has 2 heterocycles. The van der Waals surface area contributed by atoms with E-state index >= 15 is 0 Å². The third kappa shape index (κ3) is 2.73. The summed E-state index contributed by atoms with van der Waals surface area (Å²) in [5.74, 6) is 1.16. The van der Waals surface area contributed by atoms with Crippen LogP contribution in [-0.2, 0) is 5.75 Å². The number of aromatic nitrogens is 3. The molecular formula is C16H12N4OS2. The smallest absolute Gasteiger partial charge is 0.270 e. The number of carbonyl (C=O) groups is 1. The lowest BCUT2D eigenvalue weighted by molar-refractivity contribution is 0.266. The Kier molecular flexibility index (Phi) is 3.80. The van der Waals surface area contributed by atoms with E-state index in [2.05, 4.69) is 15.2 Å². The molecule has 114 valence electrons. The number of amides is 1. The van der Waals surface area contributed by atoms with E-state index in [1.165, 1.54) is 18.1 Å². The van der Waals surface area contributed by atoms with Crippen molar-refractivity contribution in [1.82, 2.24) is 15.2 Å². The van der Waals surface area contributed by atoms with Gasteiger partial charge in [0.25, 0.3) is 5.24 Å². The van der Waals surface area contributed by atoms with Crippen molar-refractivity contribution in [3.05, 3.63) is 60.7 Å². The molecule has 0 saturated carbocycles. The first-order valence-corrected chi connectivity index (χ1v) is 8.80. The van der Waals surface area contributed by atoms with Crippen molar-refractivity contribution in [2.24, 2.45) is 0 Å². The second-order valence-electron chi connectivity index (χ2n) is 4.86. The largest absolute Gasteiger partial charge is 0.291 e. The van der Waals surface area contributed by atoms with Gasteiger partial charge in [-0.3, -0.25) is 14.8 Å². The number of H-pyrrole nitrogens is 1. The van der Waals surface area contributed by atoms with Gasteiger partial charge in [0.1, 0.15) is 12.2 Å². The van der Waals surface area contributed by atoms with Crippen LogP contribution in [0.1, 0.15) is 5.82 Å². The van der Waals surface area contributed by atoms with Crippen molar-refractivity contribution < 1.29 is 4.79 Å². The number of rotatable bonds is 2. The van der Waals surface area contributed by atoms with Crippen LogP contribution in [0.4, 0.5) is 16.2 Å². The lowest BCUT2D eigenvalue weighted by Crippen LogP contribution is -2.24. The zero-order valence-electron chi connectivity index (χ0n) is 12.0. The molecule has 0 atom stereocenters. The van der Waals surface area contributed by atoms with Crippen LogP contribution < -0.4 is 4.90 Å². The van der Waals surface area contributed by atoms with E-state index in [4.69, 9.17) is 0 Å². The van der Waals surface area contributed by atoms with Gasteiger partial charge in [0.2, 0.25) is 0 Å². The fraction of sp³-hybridized carbons (Fsp3) is 0.0625. The van der Waals surface area contributed by atoms with Gasteiger partial charge in [0, 0.05) is 9.79 Å². The molecule has 0 spiro atoms. The van der Waals surface area contributed by atoms with Crippen LogP contribution in [0, 0.1) is 0 Å². The van der Waals surface area contributed by atoms with Crippen molar-refractivity contribution in [3.63, 3.8) is 0 Å². The molecule has 7 heteroatoms. The first-order chi connectivity index (χ1) is 11.3. The van der Waals surface area contributed by atoms with Crippen LogP contribution in [0.5, 0.6) is 0 Å². The maximum absolute atomic E-state index is 12.8. The third-order valence-electron chi connectivity index (χ3n) is 3.41. The Labute approximate surface area is 141 Å². The highest BCUT2D eigenvalue weighted by molar-refractivity contribution is 8.13. The minimum Gasteiger partial charge on any atom is -0.270 e. The van der Waals surface area contributed by atoms with Crippen LogP contribution in [0.15, 0.2) is 64.6 Å². The van der Waals surface area contributed by atoms with E-state index in [9.17, 15) is 4.79 Å². The summed E-state index contributed by atoms with van der Waals surface area (Å²) in [6.45, 7) is 0. The molecule has 1 aliphatic rings. The predicted molar refractivity (Wildman–Crippen MR) is 92.2 cm³/mol. The van der Waals surface area contributed by atoms with Crippen LogP contribution >= 0.6 is 23.5 Å². The number of hydrogen-bond donors (Lipinski definition) is 1. The maximum Gasteiger partial charge on any atom is 0.291 e. The van der Waals surface area contributed by atoms with Crippen molar-refractivity contribution in [2.45, 2.75) is 15.5 Å². The topological polar surface area (TPSA) is 61.9 Å². The van der Waals surface area contributed by atoms with Crippen LogP contribution in [0.3, 0.4) is 0 Å². The minimum absolute atomic E-state index is 0.0263. The van der Waals surface area contributed by atoms with Gasteiger partial charge in [0.15, 0.2) is 0 Å². The summed E-state index contributed by atoms with van der Waals surface area (Å²) in [6, 6.07) is 15.9. The molecule has 3 aromatic rings. The molecule has 0 radical (unpaired) electrons. The Hall–Kier alpha value is -2.25. The predicted octanol–water partition coefficient (Wildman–Crippen LogP) is 4.46. The fourth-order valence-corrected chi connectivity index (χ4v) is 4.18. The molecule has 4 rings (SSSR count). The molecule has 1 N–H and O–H groups in total. The highest BCUT2D eigenvalue weighted by atomic mass is 32.2. The quantitative estimate of drug-likeness (QED) is 0.746. The Bertz CT molecular complexity index is 805. The van der Waals surface area contributed by atoms with Crippen LogP contribution in [0.2, 0.25) is 0 Å². The van der Waals surface area contributed by atoms with E-state index in [0.29, 0.717) is 11.6 Å². The van der Waals surface area contributed by atoms with E-state index in [1.54, 1.807) is 16.7 Å². The molecule has 23 heavy (non-hydrogen) atoms. The summed E-state index contributed by atoms with van der Waals surface area (Å²) in [4.78, 5) is 20.8. The number of anilines is 2. The van der Waals surface area contributed by atoms with Gasteiger partial charge in [0.05, 0.1) is 17.1 Å². The van der Waals surface area contributed by atoms with Crippen molar-refractivity contribution >= 4 is 40.1 Å². The van der Waals surface area contributed by atoms with Gasteiger partial charge in [-0.15, -0.1) is 0 Å².